The van der Waals surface area contributed by atoms with E-state index in [1.54, 1.807) is 19.1 Å². The van der Waals surface area contributed by atoms with Gasteiger partial charge >= 0.3 is 0 Å². The summed E-state index contributed by atoms with van der Waals surface area (Å²) in [6, 6.07) is 9.56. The number of fused-ring (bicyclic) bond motifs is 1. The Morgan fingerprint density at radius 3 is 2.47 bits per heavy atom. The summed E-state index contributed by atoms with van der Waals surface area (Å²) >= 11 is 0. The summed E-state index contributed by atoms with van der Waals surface area (Å²) in [5.41, 5.74) is 1.95. The van der Waals surface area contributed by atoms with E-state index in [0.717, 1.165) is 22.0 Å². The van der Waals surface area contributed by atoms with Crippen LogP contribution in [0.15, 0.2) is 41.3 Å². The van der Waals surface area contributed by atoms with Crippen LogP contribution in [0.3, 0.4) is 0 Å². The number of hydrogen-bond donors (Lipinski definition) is 2. The monoisotopic (exact) mass is 433 g/mol. The summed E-state index contributed by atoms with van der Waals surface area (Å²) in [4.78, 5) is 12.8. The van der Waals surface area contributed by atoms with Gasteiger partial charge in [0.15, 0.2) is 11.5 Å². The van der Waals surface area contributed by atoms with Crippen LogP contribution in [0, 0.1) is 6.92 Å². The van der Waals surface area contributed by atoms with Crippen molar-refractivity contribution in [3.8, 4) is 11.5 Å². The minimum Gasteiger partial charge on any atom is -0.490 e. The largest absolute Gasteiger partial charge is 0.490 e. The van der Waals surface area contributed by atoms with Gasteiger partial charge in [-0.3, -0.25) is 4.79 Å². The number of nitrogens with one attached hydrogen (secondary N) is 2. The first kappa shape index (κ1) is 21.9. The van der Waals surface area contributed by atoms with E-state index in [0.29, 0.717) is 30.4 Å². The molecule has 3 rings (SSSR count). The van der Waals surface area contributed by atoms with E-state index < -0.39 is 16.1 Å². The summed E-state index contributed by atoms with van der Waals surface area (Å²) in [6.45, 7) is 4.73. The molecule has 2 aromatic rings. The van der Waals surface area contributed by atoms with Crippen LogP contribution in [0.2, 0.25) is 0 Å². The quantitative estimate of drug-likeness (QED) is 0.727. The Morgan fingerprint density at radius 2 is 1.77 bits per heavy atom. The van der Waals surface area contributed by atoms with Gasteiger partial charge < -0.3 is 20.1 Å². The predicted molar refractivity (Wildman–Crippen MR) is 116 cm³/mol. The third kappa shape index (κ3) is 4.85. The Hall–Kier alpha value is -2.78. The Kier molecular flexibility index (Phi) is 6.52. The van der Waals surface area contributed by atoms with E-state index in [-0.39, 0.29) is 10.8 Å². The van der Waals surface area contributed by atoms with Crippen LogP contribution in [0.4, 0.5) is 11.4 Å². The van der Waals surface area contributed by atoms with Gasteiger partial charge in [0.1, 0.15) is 6.04 Å². The van der Waals surface area contributed by atoms with Crippen LogP contribution in [-0.2, 0) is 14.8 Å². The fourth-order valence-corrected chi connectivity index (χ4v) is 3.85. The number of nitrogens with zero attached hydrogens (tertiary/aromatic N) is 1. The van der Waals surface area contributed by atoms with Crippen LogP contribution in [-0.4, -0.2) is 52.0 Å². The molecule has 0 aromatic heterocycles. The molecule has 0 radical (unpaired) electrons. The summed E-state index contributed by atoms with van der Waals surface area (Å²) < 4.78 is 37.2. The molecule has 1 atom stereocenters. The lowest BCUT2D eigenvalue weighted by Gasteiger charge is -2.18. The van der Waals surface area contributed by atoms with Crippen molar-refractivity contribution in [2.24, 2.45) is 0 Å². The lowest BCUT2D eigenvalue weighted by Crippen LogP contribution is -2.32. The highest BCUT2D eigenvalue weighted by molar-refractivity contribution is 7.89. The van der Waals surface area contributed by atoms with Crippen LogP contribution in [0.5, 0.6) is 11.5 Å². The fourth-order valence-electron chi connectivity index (χ4n) is 2.92. The fraction of sp³-hybridized carbons (Fsp3) is 0.381. The lowest BCUT2D eigenvalue weighted by molar-refractivity contribution is -0.116. The molecule has 1 aliphatic heterocycles. The second kappa shape index (κ2) is 8.93. The van der Waals surface area contributed by atoms with Gasteiger partial charge in [0, 0.05) is 38.0 Å². The Labute approximate surface area is 177 Å². The van der Waals surface area contributed by atoms with Gasteiger partial charge in [-0.1, -0.05) is 6.07 Å². The number of amides is 1. The van der Waals surface area contributed by atoms with Gasteiger partial charge in [-0.05, 0) is 43.7 Å². The van der Waals surface area contributed by atoms with Crippen molar-refractivity contribution in [1.82, 2.24) is 4.31 Å². The molecule has 0 bridgehead atoms. The van der Waals surface area contributed by atoms with E-state index in [2.05, 4.69) is 10.6 Å². The smallest absolute Gasteiger partial charge is 0.246 e. The molecular formula is C21H27N3O5S. The summed E-state index contributed by atoms with van der Waals surface area (Å²) in [6.07, 6.45) is 0.818. The van der Waals surface area contributed by atoms with Gasteiger partial charge in [0.2, 0.25) is 15.9 Å². The maximum Gasteiger partial charge on any atom is 0.246 e. The number of carbonyl (C=O) groups excluding carboxylic acids is 1. The maximum atomic E-state index is 12.7. The van der Waals surface area contributed by atoms with E-state index in [9.17, 15) is 13.2 Å². The molecule has 0 saturated heterocycles. The Bertz CT molecular complexity index is 1040. The average molecular weight is 434 g/mol. The highest BCUT2D eigenvalue weighted by Crippen LogP contribution is 2.32. The Morgan fingerprint density at radius 1 is 1.07 bits per heavy atom. The van der Waals surface area contributed by atoms with Crippen LogP contribution in [0.25, 0.3) is 0 Å². The lowest BCUT2D eigenvalue weighted by atomic mass is 10.2. The molecule has 0 spiro atoms. The number of aryl methyl sites for hydroxylation is 1. The molecule has 0 saturated carbocycles. The van der Waals surface area contributed by atoms with E-state index in [1.807, 2.05) is 19.1 Å². The normalized spacial score (nSPS) is 14.7. The molecule has 1 heterocycles. The van der Waals surface area contributed by atoms with Crippen molar-refractivity contribution < 1.29 is 22.7 Å². The highest BCUT2D eigenvalue weighted by Gasteiger charge is 2.20. The molecule has 1 aliphatic rings. The zero-order chi connectivity index (χ0) is 21.9. The van der Waals surface area contributed by atoms with Gasteiger partial charge in [0.05, 0.1) is 18.1 Å². The zero-order valence-corrected chi connectivity index (χ0v) is 18.4. The van der Waals surface area contributed by atoms with Crippen molar-refractivity contribution in [1.29, 1.82) is 0 Å². The van der Waals surface area contributed by atoms with Crippen molar-refractivity contribution >= 4 is 27.3 Å². The van der Waals surface area contributed by atoms with Crippen molar-refractivity contribution in [3.63, 3.8) is 0 Å². The molecule has 162 valence electrons. The van der Waals surface area contributed by atoms with Crippen molar-refractivity contribution in [2.45, 2.75) is 31.2 Å². The standard InChI is InChI=1S/C21H27N3O5S/c1-14-6-8-17(30(26,27)24(3)4)13-18(14)23-21(25)15(2)22-16-7-9-19-20(12-16)29-11-5-10-28-19/h6-9,12-13,15,22H,5,10-11H2,1-4H3,(H,23,25)/t15-/m0/s1. The molecule has 30 heavy (non-hydrogen) atoms. The predicted octanol–water partition coefficient (Wildman–Crippen LogP) is 2.85. The van der Waals surface area contributed by atoms with Gasteiger partial charge in [-0.2, -0.15) is 0 Å². The Balaban J connectivity index is 1.72. The molecule has 0 unspecified atom stereocenters. The summed E-state index contributed by atoms with van der Waals surface area (Å²) in [5, 5.41) is 5.95. The number of carbonyl (C=O) groups is 1. The highest BCUT2D eigenvalue weighted by atomic mass is 32.2. The maximum absolute atomic E-state index is 12.7. The second-order valence-corrected chi connectivity index (χ2v) is 9.48. The SMILES string of the molecule is Cc1ccc(S(=O)(=O)N(C)C)cc1NC(=O)[C@H](C)Nc1ccc2c(c1)OCCCO2. The van der Waals surface area contributed by atoms with Gasteiger partial charge in [-0.15, -0.1) is 0 Å². The van der Waals surface area contributed by atoms with Crippen LogP contribution in [0.1, 0.15) is 18.9 Å². The van der Waals surface area contributed by atoms with Crippen LogP contribution < -0.4 is 20.1 Å². The van der Waals surface area contributed by atoms with Gasteiger partial charge in [-0.25, -0.2) is 12.7 Å². The first-order valence-corrected chi connectivity index (χ1v) is 11.1. The van der Waals surface area contributed by atoms with Crippen molar-refractivity contribution in [3.05, 3.63) is 42.0 Å². The summed E-state index contributed by atoms with van der Waals surface area (Å²) in [7, 11) is -0.658. The number of hydrogen-bond acceptors (Lipinski definition) is 6. The van der Waals surface area contributed by atoms with Gasteiger partial charge in [0.25, 0.3) is 0 Å². The van der Waals surface area contributed by atoms with Crippen molar-refractivity contribution in [2.75, 3.05) is 37.9 Å². The number of rotatable bonds is 6. The third-order valence-corrected chi connectivity index (χ3v) is 6.58. The topological polar surface area (TPSA) is 97.0 Å². The molecular weight excluding hydrogens is 406 g/mol. The molecule has 0 aliphatic carbocycles. The van der Waals surface area contributed by atoms with Crippen LogP contribution >= 0.6 is 0 Å². The third-order valence-electron chi connectivity index (χ3n) is 4.77. The molecule has 9 heteroatoms. The number of sulfonamides is 1. The first-order chi connectivity index (χ1) is 14.2. The van der Waals surface area contributed by atoms with E-state index >= 15 is 0 Å². The zero-order valence-electron chi connectivity index (χ0n) is 17.6. The second-order valence-electron chi connectivity index (χ2n) is 7.33. The molecule has 8 nitrogen and oxygen atoms in total. The first-order valence-electron chi connectivity index (χ1n) is 9.68. The minimum atomic E-state index is -3.59. The number of benzene rings is 2. The average Bonchev–Trinajstić information content (AvgIpc) is 2.94. The number of ether oxygens (including phenoxy) is 2. The molecule has 2 N–H and O–H groups in total. The molecule has 0 fully saturated rings. The summed E-state index contributed by atoms with van der Waals surface area (Å²) in [5.74, 6) is 1.04. The van der Waals surface area contributed by atoms with E-state index in [1.165, 1.54) is 26.2 Å². The minimum absolute atomic E-state index is 0.122. The molecule has 1 amide bonds. The van der Waals surface area contributed by atoms with E-state index in [4.69, 9.17) is 9.47 Å². The molecule has 2 aromatic carbocycles. The number of anilines is 2.